The molecule has 0 saturated carbocycles. The number of hydrogen-bond donors (Lipinski definition) is 1. The Balaban J connectivity index is 2.32. The smallest absolute Gasteiger partial charge is 0.0738 e. The number of rotatable bonds is 1. The molecule has 1 unspecified atom stereocenters. The second-order valence-corrected chi connectivity index (χ2v) is 5.08. The van der Waals surface area contributed by atoms with Crippen molar-refractivity contribution in [1.82, 2.24) is 5.32 Å². The Morgan fingerprint density at radius 3 is 2.29 bits per heavy atom. The van der Waals surface area contributed by atoms with Crippen molar-refractivity contribution in [1.29, 1.82) is 0 Å². The van der Waals surface area contributed by atoms with Crippen molar-refractivity contribution in [3.8, 4) is 0 Å². The minimum atomic E-state index is 0.506. The molecule has 1 nitrogen and oxygen atoms in total. The SMILES string of the molecule is CC1=C(c2ccc(C)cc2)SC(C)N1. The monoisotopic (exact) mass is 205 g/mol. The molecule has 0 aliphatic carbocycles. The first-order chi connectivity index (χ1) is 6.66. The van der Waals surface area contributed by atoms with Gasteiger partial charge in [0.2, 0.25) is 0 Å². The minimum Gasteiger partial charge on any atom is -0.376 e. The van der Waals surface area contributed by atoms with E-state index >= 15 is 0 Å². The van der Waals surface area contributed by atoms with Crippen molar-refractivity contribution in [2.75, 3.05) is 0 Å². The lowest BCUT2D eigenvalue weighted by Gasteiger charge is -2.03. The lowest BCUT2D eigenvalue weighted by Crippen LogP contribution is -2.14. The third-order valence-corrected chi connectivity index (χ3v) is 3.62. The van der Waals surface area contributed by atoms with Gasteiger partial charge in [-0.2, -0.15) is 0 Å². The molecule has 1 N–H and O–H groups in total. The summed E-state index contributed by atoms with van der Waals surface area (Å²) in [6.07, 6.45) is 0. The molecular weight excluding hydrogens is 190 g/mol. The van der Waals surface area contributed by atoms with Gasteiger partial charge >= 0.3 is 0 Å². The van der Waals surface area contributed by atoms with E-state index in [4.69, 9.17) is 0 Å². The molecule has 14 heavy (non-hydrogen) atoms. The van der Waals surface area contributed by atoms with Gasteiger partial charge in [0.25, 0.3) is 0 Å². The van der Waals surface area contributed by atoms with Crippen LogP contribution in [0.2, 0.25) is 0 Å². The number of benzene rings is 1. The maximum Gasteiger partial charge on any atom is 0.0738 e. The highest BCUT2D eigenvalue weighted by Crippen LogP contribution is 2.37. The van der Waals surface area contributed by atoms with Gasteiger partial charge < -0.3 is 5.32 Å². The Labute approximate surface area is 89.6 Å². The van der Waals surface area contributed by atoms with E-state index in [1.54, 1.807) is 0 Å². The average Bonchev–Trinajstić information content (AvgIpc) is 2.47. The van der Waals surface area contributed by atoms with E-state index in [0.29, 0.717) is 5.37 Å². The summed E-state index contributed by atoms with van der Waals surface area (Å²) in [7, 11) is 0. The predicted molar refractivity (Wildman–Crippen MR) is 64.0 cm³/mol. The van der Waals surface area contributed by atoms with Gasteiger partial charge in [-0.1, -0.05) is 41.6 Å². The van der Waals surface area contributed by atoms with Crippen molar-refractivity contribution in [2.24, 2.45) is 0 Å². The summed E-state index contributed by atoms with van der Waals surface area (Å²) >= 11 is 1.90. The first-order valence-corrected chi connectivity index (χ1v) is 5.76. The molecule has 1 aromatic carbocycles. The van der Waals surface area contributed by atoms with E-state index in [-0.39, 0.29) is 0 Å². The van der Waals surface area contributed by atoms with E-state index in [9.17, 15) is 0 Å². The summed E-state index contributed by atoms with van der Waals surface area (Å²) in [6, 6.07) is 8.72. The molecule has 1 aromatic rings. The Morgan fingerprint density at radius 2 is 1.79 bits per heavy atom. The maximum absolute atomic E-state index is 3.42. The Morgan fingerprint density at radius 1 is 1.14 bits per heavy atom. The van der Waals surface area contributed by atoms with Crippen molar-refractivity contribution in [3.63, 3.8) is 0 Å². The second-order valence-electron chi connectivity index (χ2n) is 3.72. The van der Waals surface area contributed by atoms with Crippen molar-refractivity contribution in [2.45, 2.75) is 26.1 Å². The van der Waals surface area contributed by atoms with Gasteiger partial charge in [0.05, 0.1) is 5.37 Å². The van der Waals surface area contributed by atoms with Crippen LogP contribution in [0.15, 0.2) is 30.0 Å². The molecule has 1 aliphatic rings. The molecule has 1 atom stereocenters. The van der Waals surface area contributed by atoms with Gasteiger partial charge in [-0.25, -0.2) is 0 Å². The lowest BCUT2D eigenvalue weighted by molar-refractivity contribution is 0.823. The topological polar surface area (TPSA) is 12.0 Å². The highest BCUT2D eigenvalue weighted by molar-refractivity contribution is 8.09. The van der Waals surface area contributed by atoms with Crippen molar-refractivity contribution in [3.05, 3.63) is 41.1 Å². The largest absolute Gasteiger partial charge is 0.376 e. The molecule has 0 fully saturated rings. The molecule has 74 valence electrons. The van der Waals surface area contributed by atoms with Crippen LogP contribution in [0.1, 0.15) is 25.0 Å². The van der Waals surface area contributed by atoms with Gasteiger partial charge in [0.1, 0.15) is 0 Å². The molecule has 0 aromatic heterocycles. The summed E-state index contributed by atoms with van der Waals surface area (Å²) < 4.78 is 0. The summed E-state index contributed by atoms with van der Waals surface area (Å²) in [5, 5.41) is 3.93. The fraction of sp³-hybridized carbons (Fsp3) is 0.333. The molecule has 1 aliphatic heterocycles. The maximum atomic E-state index is 3.42. The van der Waals surface area contributed by atoms with Crippen LogP contribution < -0.4 is 5.32 Å². The number of hydrogen-bond acceptors (Lipinski definition) is 2. The third kappa shape index (κ3) is 1.80. The van der Waals surface area contributed by atoms with Crippen LogP contribution in [0, 0.1) is 6.92 Å². The molecular formula is C12H15NS. The summed E-state index contributed by atoms with van der Waals surface area (Å²) in [6.45, 7) is 6.45. The molecule has 2 rings (SSSR count). The summed E-state index contributed by atoms with van der Waals surface area (Å²) in [5.41, 5.74) is 3.94. The van der Waals surface area contributed by atoms with Crippen molar-refractivity contribution >= 4 is 16.7 Å². The molecule has 0 amide bonds. The fourth-order valence-corrected chi connectivity index (χ4v) is 2.75. The molecule has 0 bridgehead atoms. The van der Waals surface area contributed by atoms with Gasteiger partial charge in [0.15, 0.2) is 0 Å². The van der Waals surface area contributed by atoms with Crippen LogP contribution in [-0.2, 0) is 0 Å². The van der Waals surface area contributed by atoms with Crippen molar-refractivity contribution < 1.29 is 0 Å². The van der Waals surface area contributed by atoms with E-state index in [1.807, 2.05) is 11.8 Å². The number of nitrogens with one attached hydrogen (secondary N) is 1. The van der Waals surface area contributed by atoms with E-state index < -0.39 is 0 Å². The summed E-state index contributed by atoms with van der Waals surface area (Å²) in [4.78, 5) is 1.39. The quantitative estimate of drug-likeness (QED) is 0.754. The van der Waals surface area contributed by atoms with Crippen LogP contribution in [-0.4, -0.2) is 5.37 Å². The standard InChI is InChI=1S/C12H15NS/c1-8-4-6-11(7-5-8)12-9(2)13-10(3)14-12/h4-7,10,13H,1-3H3. The highest BCUT2D eigenvalue weighted by atomic mass is 32.2. The molecule has 0 spiro atoms. The Kier molecular flexibility index (Phi) is 2.55. The van der Waals surface area contributed by atoms with E-state index in [1.165, 1.54) is 21.7 Å². The molecule has 0 saturated heterocycles. The minimum absolute atomic E-state index is 0.506. The van der Waals surface area contributed by atoms with Crippen LogP contribution in [0.25, 0.3) is 4.91 Å². The normalized spacial score (nSPS) is 21.2. The van der Waals surface area contributed by atoms with E-state index in [0.717, 1.165) is 0 Å². The zero-order valence-corrected chi connectivity index (χ0v) is 9.61. The van der Waals surface area contributed by atoms with Gasteiger partial charge in [0, 0.05) is 10.6 Å². The first kappa shape index (κ1) is 9.66. The fourth-order valence-electron chi connectivity index (χ4n) is 1.65. The second kappa shape index (κ2) is 3.70. The first-order valence-electron chi connectivity index (χ1n) is 4.88. The average molecular weight is 205 g/mol. The lowest BCUT2D eigenvalue weighted by atomic mass is 10.1. The van der Waals surface area contributed by atoms with E-state index in [2.05, 4.69) is 50.4 Å². The zero-order valence-electron chi connectivity index (χ0n) is 8.79. The van der Waals surface area contributed by atoms with Gasteiger partial charge in [-0.3, -0.25) is 0 Å². The van der Waals surface area contributed by atoms with Gasteiger partial charge in [-0.15, -0.1) is 0 Å². The number of aryl methyl sites for hydroxylation is 1. The summed E-state index contributed by atoms with van der Waals surface area (Å²) in [5.74, 6) is 0. The molecule has 1 heterocycles. The van der Waals surface area contributed by atoms with Crippen LogP contribution in [0.3, 0.4) is 0 Å². The predicted octanol–water partition coefficient (Wildman–Crippen LogP) is 3.37. The number of thioether (sulfide) groups is 1. The Bertz CT molecular complexity index is 364. The van der Waals surface area contributed by atoms with Gasteiger partial charge in [-0.05, 0) is 26.3 Å². The third-order valence-electron chi connectivity index (χ3n) is 2.37. The molecule has 2 heteroatoms. The zero-order chi connectivity index (χ0) is 10.1. The highest BCUT2D eigenvalue weighted by Gasteiger charge is 2.18. The van der Waals surface area contributed by atoms with Crippen LogP contribution >= 0.6 is 11.8 Å². The number of allylic oxidation sites excluding steroid dienone is 1. The van der Waals surface area contributed by atoms with Crippen LogP contribution in [0.5, 0.6) is 0 Å². The molecule has 0 radical (unpaired) electrons. The van der Waals surface area contributed by atoms with Crippen LogP contribution in [0.4, 0.5) is 0 Å². The Hall–Kier alpha value is -0.890.